The summed E-state index contributed by atoms with van der Waals surface area (Å²) in [5.74, 6) is -0.440. The maximum Gasteiger partial charge on any atom is 0.138 e. The summed E-state index contributed by atoms with van der Waals surface area (Å²) in [5.41, 5.74) is 6.45. The number of hydrogen-bond acceptors (Lipinski definition) is 3. The van der Waals surface area contributed by atoms with E-state index in [0.717, 1.165) is 31.0 Å². The average Bonchev–Trinajstić information content (AvgIpc) is 3.29. The molecule has 2 aromatic rings. The SMILES string of the molecule is Cl.Cl.NCC1(COc2cncc(-c3cc(F)ccc3F)c2)CC1. The van der Waals surface area contributed by atoms with Gasteiger partial charge in [-0.3, -0.25) is 4.98 Å². The minimum absolute atomic E-state index is 0. The number of aromatic nitrogens is 1. The highest BCUT2D eigenvalue weighted by Crippen LogP contribution is 2.44. The van der Waals surface area contributed by atoms with E-state index in [-0.39, 0.29) is 35.8 Å². The highest BCUT2D eigenvalue weighted by Gasteiger charge is 2.42. The zero-order chi connectivity index (χ0) is 14.9. The Morgan fingerprint density at radius 2 is 1.87 bits per heavy atom. The predicted octanol–water partition coefficient (Wildman–Crippen LogP) is 3.99. The van der Waals surface area contributed by atoms with Crippen molar-refractivity contribution in [3.8, 4) is 16.9 Å². The van der Waals surface area contributed by atoms with Gasteiger partial charge in [0.25, 0.3) is 0 Å². The molecular weight excluding hydrogens is 345 g/mol. The van der Waals surface area contributed by atoms with E-state index in [9.17, 15) is 8.78 Å². The lowest BCUT2D eigenvalue weighted by molar-refractivity contribution is 0.238. The molecule has 1 heterocycles. The minimum atomic E-state index is -0.490. The van der Waals surface area contributed by atoms with Gasteiger partial charge in [-0.2, -0.15) is 0 Å². The van der Waals surface area contributed by atoms with E-state index in [2.05, 4.69) is 4.98 Å². The van der Waals surface area contributed by atoms with Gasteiger partial charge in [0.1, 0.15) is 17.4 Å². The molecule has 1 aromatic carbocycles. The van der Waals surface area contributed by atoms with Crippen molar-refractivity contribution < 1.29 is 13.5 Å². The zero-order valence-corrected chi connectivity index (χ0v) is 13.9. The van der Waals surface area contributed by atoms with E-state index in [1.807, 2.05) is 0 Å². The summed E-state index contributed by atoms with van der Waals surface area (Å²) in [6.07, 6.45) is 5.18. The molecule has 0 unspecified atom stereocenters. The lowest BCUT2D eigenvalue weighted by Crippen LogP contribution is -2.22. The summed E-state index contributed by atoms with van der Waals surface area (Å²) in [4.78, 5) is 4.03. The van der Waals surface area contributed by atoms with Gasteiger partial charge in [0.05, 0.1) is 12.8 Å². The first kappa shape index (κ1) is 19.6. The van der Waals surface area contributed by atoms with Gasteiger partial charge in [0, 0.05) is 29.3 Å². The molecule has 1 aliphatic carbocycles. The van der Waals surface area contributed by atoms with Crippen LogP contribution < -0.4 is 10.5 Å². The predicted molar refractivity (Wildman–Crippen MR) is 90.3 cm³/mol. The Kier molecular flexibility index (Phi) is 6.74. The Labute approximate surface area is 146 Å². The molecule has 0 spiro atoms. The van der Waals surface area contributed by atoms with Gasteiger partial charge >= 0.3 is 0 Å². The van der Waals surface area contributed by atoms with E-state index in [1.54, 1.807) is 12.3 Å². The number of pyridine rings is 1. The summed E-state index contributed by atoms with van der Waals surface area (Å²) in [6, 6.07) is 5.01. The van der Waals surface area contributed by atoms with Crippen molar-refractivity contribution in [1.82, 2.24) is 4.98 Å². The van der Waals surface area contributed by atoms with Crippen LogP contribution >= 0.6 is 24.8 Å². The fraction of sp³-hybridized carbons (Fsp3) is 0.312. The van der Waals surface area contributed by atoms with Gasteiger partial charge in [-0.1, -0.05) is 0 Å². The van der Waals surface area contributed by atoms with Crippen molar-refractivity contribution in [1.29, 1.82) is 0 Å². The van der Waals surface area contributed by atoms with Crippen LogP contribution in [0, 0.1) is 17.0 Å². The van der Waals surface area contributed by atoms with E-state index in [1.165, 1.54) is 6.20 Å². The van der Waals surface area contributed by atoms with Crippen molar-refractivity contribution in [2.75, 3.05) is 13.2 Å². The molecule has 126 valence electrons. The van der Waals surface area contributed by atoms with Gasteiger partial charge in [0.2, 0.25) is 0 Å². The normalized spacial score (nSPS) is 14.4. The molecule has 0 saturated heterocycles. The average molecular weight is 363 g/mol. The van der Waals surface area contributed by atoms with Crippen LogP contribution in [0.4, 0.5) is 8.78 Å². The number of hydrogen-bond donors (Lipinski definition) is 1. The van der Waals surface area contributed by atoms with Crippen molar-refractivity contribution >= 4 is 24.8 Å². The third-order valence-electron chi connectivity index (χ3n) is 3.89. The molecule has 1 saturated carbocycles. The van der Waals surface area contributed by atoms with Gasteiger partial charge in [0.15, 0.2) is 0 Å². The van der Waals surface area contributed by atoms with E-state index >= 15 is 0 Å². The van der Waals surface area contributed by atoms with Crippen molar-refractivity contribution in [3.63, 3.8) is 0 Å². The maximum absolute atomic E-state index is 13.8. The van der Waals surface area contributed by atoms with Gasteiger partial charge < -0.3 is 10.5 Å². The van der Waals surface area contributed by atoms with Gasteiger partial charge in [-0.15, -0.1) is 24.8 Å². The maximum atomic E-state index is 13.8. The van der Waals surface area contributed by atoms with Crippen molar-refractivity contribution in [3.05, 3.63) is 48.3 Å². The number of halogens is 4. The minimum Gasteiger partial charge on any atom is -0.491 e. The first-order valence-electron chi connectivity index (χ1n) is 6.85. The Hall–Kier alpha value is -1.43. The van der Waals surface area contributed by atoms with Crippen molar-refractivity contribution in [2.45, 2.75) is 12.8 Å². The summed E-state index contributed by atoms with van der Waals surface area (Å²) >= 11 is 0. The number of rotatable bonds is 5. The van der Waals surface area contributed by atoms with E-state index < -0.39 is 11.6 Å². The highest BCUT2D eigenvalue weighted by atomic mass is 35.5. The molecule has 0 bridgehead atoms. The Morgan fingerprint density at radius 1 is 1.13 bits per heavy atom. The number of ether oxygens (including phenoxy) is 1. The molecule has 0 aliphatic heterocycles. The molecule has 0 atom stereocenters. The molecule has 0 radical (unpaired) electrons. The Morgan fingerprint density at radius 3 is 2.52 bits per heavy atom. The van der Waals surface area contributed by atoms with Crippen LogP contribution in [0.2, 0.25) is 0 Å². The first-order valence-corrected chi connectivity index (χ1v) is 6.85. The molecule has 1 aliphatic rings. The second-order valence-corrected chi connectivity index (χ2v) is 5.53. The van der Waals surface area contributed by atoms with E-state index in [4.69, 9.17) is 10.5 Å². The van der Waals surface area contributed by atoms with Gasteiger partial charge in [-0.05, 0) is 37.1 Å². The first-order chi connectivity index (χ1) is 10.1. The molecule has 3 nitrogen and oxygen atoms in total. The lowest BCUT2D eigenvalue weighted by atomic mass is 10.1. The summed E-state index contributed by atoms with van der Waals surface area (Å²) in [7, 11) is 0. The summed E-state index contributed by atoms with van der Waals surface area (Å²) in [6.45, 7) is 1.12. The summed E-state index contributed by atoms with van der Waals surface area (Å²) < 4.78 is 32.7. The fourth-order valence-corrected chi connectivity index (χ4v) is 2.18. The highest BCUT2D eigenvalue weighted by molar-refractivity contribution is 5.85. The zero-order valence-electron chi connectivity index (χ0n) is 12.3. The van der Waals surface area contributed by atoms with Gasteiger partial charge in [-0.25, -0.2) is 8.78 Å². The second-order valence-electron chi connectivity index (χ2n) is 5.53. The van der Waals surface area contributed by atoms with Crippen LogP contribution in [0.1, 0.15) is 12.8 Å². The van der Waals surface area contributed by atoms with Crippen molar-refractivity contribution in [2.24, 2.45) is 11.1 Å². The lowest BCUT2D eigenvalue weighted by Gasteiger charge is -2.14. The number of nitrogens with two attached hydrogens (primary N) is 1. The number of nitrogens with zero attached hydrogens (tertiary/aromatic N) is 1. The molecule has 1 aromatic heterocycles. The molecular formula is C16H18Cl2F2N2O. The van der Waals surface area contributed by atoms with Crippen LogP contribution in [0.5, 0.6) is 5.75 Å². The molecule has 3 rings (SSSR count). The Balaban J connectivity index is 0.00000132. The number of benzene rings is 1. The van der Waals surface area contributed by atoms with Crippen LogP contribution in [0.25, 0.3) is 11.1 Å². The largest absolute Gasteiger partial charge is 0.491 e. The standard InChI is InChI=1S/C16H16F2N2O.2ClH/c17-12-1-2-15(18)14(6-12)11-5-13(8-20-7-11)21-10-16(9-19)3-4-16;;/h1-2,5-8H,3-4,9-10,19H2;2*1H. The molecule has 0 amide bonds. The van der Waals surface area contributed by atoms with Crippen LogP contribution in [-0.2, 0) is 0 Å². The molecule has 2 N–H and O–H groups in total. The molecule has 1 fully saturated rings. The van der Waals surface area contributed by atoms with Crippen LogP contribution in [0.15, 0.2) is 36.7 Å². The van der Waals surface area contributed by atoms with Crippen LogP contribution in [-0.4, -0.2) is 18.1 Å². The second kappa shape index (κ2) is 7.90. The van der Waals surface area contributed by atoms with Crippen LogP contribution in [0.3, 0.4) is 0 Å². The molecule has 23 heavy (non-hydrogen) atoms. The fourth-order valence-electron chi connectivity index (χ4n) is 2.18. The Bertz CT molecular complexity index is 666. The van der Waals surface area contributed by atoms with E-state index in [0.29, 0.717) is 24.5 Å². The quantitative estimate of drug-likeness (QED) is 0.874. The monoisotopic (exact) mass is 362 g/mol. The molecule has 7 heteroatoms. The third-order valence-corrected chi connectivity index (χ3v) is 3.89. The third kappa shape index (κ3) is 4.53. The summed E-state index contributed by atoms with van der Waals surface area (Å²) in [5, 5.41) is 0. The smallest absolute Gasteiger partial charge is 0.138 e. The topological polar surface area (TPSA) is 48.1 Å².